The van der Waals surface area contributed by atoms with Crippen molar-refractivity contribution in [3.8, 4) is 6.07 Å². The zero-order valence-electron chi connectivity index (χ0n) is 28.6. The fraction of sp³-hybridized carbons (Fsp3) is 0.487. The predicted molar refractivity (Wildman–Crippen MR) is 188 cm³/mol. The third-order valence-electron chi connectivity index (χ3n) is 8.81. The molecule has 0 radical (unpaired) electrons. The summed E-state index contributed by atoms with van der Waals surface area (Å²) in [6.45, 7) is 13.7. The first kappa shape index (κ1) is 35.4. The molecule has 246 valence electrons. The molecule has 1 aliphatic rings. The van der Waals surface area contributed by atoms with E-state index in [2.05, 4.69) is 99.6 Å². The van der Waals surface area contributed by atoms with Crippen molar-refractivity contribution in [2.24, 2.45) is 0 Å². The SMILES string of the molecule is CC(C)(C)OC(=O)N1C(CCC#N)C[C@H](OCc2ccccc2)[C@H]1CCCCO[Si](c1ccccc1)(c1ccccc1)C(C)(C)C. The zero-order chi connectivity index (χ0) is 33.2. The number of nitriles is 1. The molecular weight excluding hydrogens is 589 g/mol. The largest absolute Gasteiger partial charge is 0.444 e. The third kappa shape index (κ3) is 8.88. The van der Waals surface area contributed by atoms with Crippen LogP contribution in [0, 0.1) is 11.3 Å². The van der Waals surface area contributed by atoms with E-state index in [4.69, 9.17) is 13.9 Å². The first-order valence-corrected chi connectivity index (χ1v) is 18.7. The molecule has 7 heteroatoms. The van der Waals surface area contributed by atoms with E-state index in [0.29, 0.717) is 32.5 Å². The van der Waals surface area contributed by atoms with Gasteiger partial charge in [0.1, 0.15) is 5.60 Å². The number of carbonyl (C=O) groups is 1. The summed E-state index contributed by atoms with van der Waals surface area (Å²) in [5.41, 5.74) is 0.484. The normalized spacial score (nSPS) is 18.7. The molecule has 1 heterocycles. The minimum atomic E-state index is -2.62. The highest BCUT2D eigenvalue weighted by Gasteiger charge is 2.50. The van der Waals surface area contributed by atoms with Crippen LogP contribution in [-0.4, -0.2) is 49.7 Å². The lowest BCUT2D eigenvalue weighted by Crippen LogP contribution is -2.66. The summed E-state index contributed by atoms with van der Waals surface area (Å²) >= 11 is 0. The molecule has 1 saturated heterocycles. The van der Waals surface area contributed by atoms with Crippen molar-refractivity contribution in [3.63, 3.8) is 0 Å². The van der Waals surface area contributed by atoms with Gasteiger partial charge < -0.3 is 13.9 Å². The first-order valence-electron chi connectivity index (χ1n) is 16.7. The Bertz CT molecular complexity index is 1360. The standard InChI is InChI=1S/C39H52N2O4Si/c1-38(2,3)45-37(42)41-32(21-18-27-40)29-36(43-30-31-19-10-7-11-20-31)35(41)26-16-17-28-44-46(39(4,5)6,33-22-12-8-13-23-33)34-24-14-9-15-25-34/h7-15,19-20,22-25,32,35-36H,16-18,21,26,28-30H2,1-6H3/t32?,35-,36+/m1/s1. The van der Waals surface area contributed by atoms with E-state index in [-0.39, 0.29) is 29.3 Å². The molecule has 0 N–H and O–H groups in total. The third-order valence-corrected chi connectivity index (χ3v) is 13.9. The number of hydrogen-bond donors (Lipinski definition) is 0. The second-order valence-electron chi connectivity index (χ2n) is 14.4. The summed E-state index contributed by atoms with van der Waals surface area (Å²) in [5, 5.41) is 11.8. The number of carbonyl (C=O) groups excluding carboxylic acids is 1. The Balaban J connectivity index is 1.53. The summed E-state index contributed by atoms with van der Waals surface area (Å²) < 4.78 is 19.6. The number of amides is 1. The van der Waals surface area contributed by atoms with Crippen molar-refractivity contribution >= 4 is 24.8 Å². The molecule has 3 aromatic carbocycles. The summed E-state index contributed by atoms with van der Waals surface area (Å²) in [6, 6.07) is 33.6. The van der Waals surface area contributed by atoms with Crippen molar-refractivity contribution in [1.82, 2.24) is 4.90 Å². The maximum atomic E-state index is 13.7. The van der Waals surface area contributed by atoms with Crippen molar-refractivity contribution in [1.29, 1.82) is 5.26 Å². The van der Waals surface area contributed by atoms with Crippen LogP contribution in [0.25, 0.3) is 0 Å². The Morgan fingerprint density at radius 3 is 1.93 bits per heavy atom. The van der Waals surface area contributed by atoms with Crippen LogP contribution in [0.2, 0.25) is 5.04 Å². The Labute approximate surface area is 277 Å². The van der Waals surface area contributed by atoms with Crippen LogP contribution in [-0.2, 0) is 20.5 Å². The Morgan fingerprint density at radius 1 is 0.848 bits per heavy atom. The zero-order valence-corrected chi connectivity index (χ0v) is 29.6. The maximum absolute atomic E-state index is 13.7. The van der Waals surface area contributed by atoms with Crippen LogP contribution < -0.4 is 10.4 Å². The monoisotopic (exact) mass is 640 g/mol. The highest BCUT2D eigenvalue weighted by Crippen LogP contribution is 2.38. The molecule has 0 aliphatic carbocycles. The van der Waals surface area contributed by atoms with Crippen LogP contribution in [0.1, 0.15) is 85.6 Å². The van der Waals surface area contributed by atoms with Gasteiger partial charge in [0.05, 0.1) is 24.8 Å². The predicted octanol–water partition coefficient (Wildman–Crippen LogP) is 8.00. The molecule has 6 nitrogen and oxygen atoms in total. The molecule has 1 amide bonds. The summed E-state index contributed by atoms with van der Waals surface area (Å²) in [7, 11) is -2.62. The average Bonchev–Trinajstić information content (AvgIpc) is 3.38. The van der Waals surface area contributed by atoms with Gasteiger partial charge in [-0.15, -0.1) is 0 Å². The van der Waals surface area contributed by atoms with Crippen LogP contribution in [0.5, 0.6) is 0 Å². The molecule has 1 unspecified atom stereocenters. The molecule has 46 heavy (non-hydrogen) atoms. The van der Waals surface area contributed by atoms with E-state index < -0.39 is 13.9 Å². The molecule has 3 atom stereocenters. The van der Waals surface area contributed by atoms with Crippen LogP contribution >= 0.6 is 0 Å². The molecule has 0 bridgehead atoms. The van der Waals surface area contributed by atoms with E-state index in [1.165, 1.54) is 10.4 Å². The lowest BCUT2D eigenvalue weighted by atomic mass is 10.0. The topological polar surface area (TPSA) is 71.8 Å². The van der Waals surface area contributed by atoms with E-state index in [1.807, 2.05) is 43.9 Å². The second-order valence-corrected chi connectivity index (χ2v) is 18.7. The number of unbranched alkanes of at least 4 members (excludes halogenated alkanes) is 1. The van der Waals surface area contributed by atoms with E-state index in [1.54, 1.807) is 0 Å². The van der Waals surface area contributed by atoms with Gasteiger partial charge in [0.15, 0.2) is 0 Å². The smallest absolute Gasteiger partial charge is 0.410 e. The Kier molecular flexibility index (Phi) is 12.2. The van der Waals surface area contributed by atoms with Gasteiger partial charge in [-0.1, -0.05) is 112 Å². The van der Waals surface area contributed by atoms with Crippen molar-refractivity contribution in [2.45, 2.75) is 116 Å². The quantitative estimate of drug-likeness (QED) is 0.140. The van der Waals surface area contributed by atoms with Gasteiger partial charge in [-0.25, -0.2) is 4.79 Å². The minimum absolute atomic E-state index is 0.0843. The van der Waals surface area contributed by atoms with Crippen LogP contribution in [0.15, 0.2) is 91.0 Å². The summed E-state index contributed by atoms with van der Waals surface area (Å²) in [4.78, 5) is 15.5. The highest BCUT2D eigenvalue weighted by atomic mass is 28.4. The van der Waals surface area contributed by atoms with Crippen molar-refractivity contribution in [2.75, 3.05) is 6.61 Å². The molecular formula is C39H52N2O4Si. The number of ether oxygens (including phenoxy) is 2. The number of nitrogens with zero attached hydrogens (tertiary/aromatic N) is 2. The second kappa shape index (κ2) is 15.9. The fourth-order valence-electron chi connectivity index (χ4n) is 6.80. The van der Waals surface area contributed by atoms with Gasteiger partial charge in [0.25, 0.3) is 8.32 Å². The molecule has 4 rings (SSSR count). The lowest BCUT2D eigenvalue weighted by molar-refractivity contribution is -0.00984. The van der Waals surface area contributed by atoms with Gasteiger partial charge in [0, 0.05) is 19.1 Å². The number of hydrogen-bond acceptors (Lipinski definition) is 5. The maximum Gasteiger partial charge on any atom is 0.410 e. The van der Waals surface area contributed by atoms with Gasteiger partial charge in [-0.2, -0.15) is 5.26 Å². The Morgan fingerprint density at radius 2 is 1.41 bits per heavy atom. The van der Waals surface area contributed by atoms with Crippen LogP contribution in [0.3, 0.4) is 0 Å². The van der Waals surface area contributed by atoms with E-state index >= 15 is 0 Å². The highest BCUT2D eigenvalue weighted by molar-refractivity contribution is 6.99. The minimum Gasteiger partial charge on any atom is -0.444 e. The van der Waals surface area contributed by atoms with Gasteiger partial charge in [-0.05, 0) is 73.9 Å². The van der Waals surface area contributed by atoms with Gasteiger partial charge in [0.2, 0.25) is 0 Å². The molecule has 1 aliphatic heterocycles. The average molecular weight is 641 g/mol. The molecule has 0 spiro atoms. The molecule has 0 saturated carbocycles. The number of likely N-dealkylation sites (tertiary alicyclic amines) is 1. The van der Waals surface area contributed by atoms with Crippen molar-refractivity contribution < 1.29 is 18.7 Å². The van der Waals surface area contributed by atoms with Gasteiger partial charge >= 0.3 is 6.09 Å². The molecule has 0 aromatic heterocycles. The summed E-state index contributed by atoms with van der Waals surface area (Å²) in [5.74, 6) is 0. The van der Waals surface area contributed by atoms with E-state index in [9.17, 15) is 10.1 Å². The molecule has 1 fully saturated rings. The number of benzene rings is 3. The van der Waals surface area contributed by atoms with Crippen molar-refractivity contribution in [3.05, 3.63) is 96.6 Å². The number of rotatable bonds is 13. The van der Waals surface area contributed by atoms with Gasteiger partial charge in [-0.3, -0.25) is 4.90 Å². The fourth-order valence-corrected chi connectivity index (χ4v) is 11.4. The Hall–Kier alpha value is -3.44. The summed E-state index contributed by atoms with van der Waals surface area (Å²) in [6.07, 6.45) is 3.71. The van der Waals surface area contributed by atoms with E-state index in [0.717, 1.165) is 24.8 Å². The molecule has 3 aromatic rings. The lowest BCUT2D eigenvalue weighted by Gasteiger charge is -2.43. The van der Waals surface area contributed by atoms with Crippen LogP contribution in [0.4, 0.5) is 4.79 Å². The first-order chi connectivity index (χ1) is 22.0.